The van der Waals surface area contributed by atoms with Crippen LogP contribution in [0.4, 0.5) is 0 Å². The molecule has 0 radical (unpaired) electrons. The molecule has 3 aliphatic heterocycles. The molecule has 2 aromatic rings. The Kier molecular flexibility index (Phi) is 4.50. The molecule has 1 aromatic heterocycles. The Morgan fingerprint density at radius 1 is 1.22 bits per heavy atom. The Balaban J connectivity index is 1.54. The zero-order chi connectivity index (χ0) is 22.7. The van der Waals surface area contributed by atoms with Crippen molar-refractivity contribution in [1.82, 2.24) is 4.98 Å². The van der Waals surface area contributed by atoms with Gasteiger partial charge in [-0.1, -0.05) is 6.07 Å². The molecule has 32 heavy (non-hydrogen) atoms. The summed E-state index contributed by atoms with van der Waals surface area (Å²) in [5.74, 6) is 1.28. The van der Waals surface area contributed by atoms with E-state index in [1.165, 1.54) is 0 Å². The molecule has 1 unspecified atom stereocenters. The predicted octanol–water partition coefficient (Wildman–Crippen LogP) is 2.55. The van der Waals surface area contributed by atoms with Crippen molar-refractivity contribution in [2.24, 2.45) is 16.1 Å². The Morgan fingerprint density at radius 3 is 2.59 bits per heavy atom. The van der Waals surface area contributed by atoms with Gasteiger partial charge in [0.05, 0.1) is 31.9 Å². The lowest BCUT2D eigenvalue weighted by molar-refractivity contribution is -0.247. The van der Waals surface area contributed by atoms with Crippen LogP contribution in [0.3, 0.4) is 0 Å². The first-order valence-electron chi connectivity index (χ1n) is 10.6. The van der Waals surface area contributed by atoms with Crippen molar-refractivity contribution in [3.05, 3.63) is 52.8 Å². The van der Waals surface area contributed by atoms with E-state index in [1.807, 2.05) is 31.2 Å². The van der Waals surface area contributed by atoms with E-state index in [-0.39, 0.29) is 18.2 Å². The number of aliphatic imine (C=N–C) groups is 1. The smallest absolute Gasteiger partial charge is 0.283 e. The lowest BCUT2D eigenvalue weighted by Crippen LogP contribution is -2.71. The molecule has 2 N–H and O–H groups in total. The maximum Gasteiger partial charge on any atom is 0.283 e. The highest BCUT2D eigenvalue weighted by Crippen LogP contribution is 2.62. The first-order chi connectivity index (χ1) is 15.2. The van der Waals surface area contributed by atoms with Gasteiger partial charge in [0.2, 0.25) is 0 Å². The summed E-state index contributed by atoms with van der Waals surface area (Å²) in [5.41, 5.74) is 7.28. The molecular weight excluding hydrogens is 410 g/mol. The number of aromatic nitrogens is 1. The fraction of sp³-hybridized carbons (Fsp3) is 0.458. The molecule has 4 heterocycles. The monoisotopic (exact) mass is 437 g/mol. The summed E-state index contributed by atoms with van der Waals surface area (Å²) in [4.78, 5) is 22.1. The number of hydrogen-bond acceptors (Lipinski definition) is 8. The van der Waals surface area contributed by atoms with Gasteiger partial charge < -0.3 is 24.7 Å². The van der Waals surface area contributed by atoms with Crippen LogP contribution in [0.1, 0.15) is 41.0 Å². The first-order valence-corrected chi connectivity index (χ1v) is 10.6. The number of nitrogens with two attached hydrogens (primary N) is 1. The molecule has 8 heteroatoms. The van der Waals surface area contributed by atoms with E-state index in [9.17, 15) is 4.79 Å². The van der Waals surface area contributed by atoms with E-state index in [1.54, 1.807) is 13.3 Å². The molecule has 2 spiro atoms. The number of nitrogens with zero attached hydrogens (tertiary/aromatic N) is 2. The molecule has 5 rings (SSSR count). The summed E-state index contributed by atoms with van der Waals surface area (Å²) >= 11 is 0. The minimum absolute atomic E-state index is 0.0661. The van der Waals surface area contributed by atoms with Gasteiger partial charge in [0, 0.05) is 12.0 Å². The minimum atomic E-state index is -0.722. The van der Waals surface area contributed by atoms with Crippen molar-refractivity contribution in [1.29, 1.82) is 0 Å². The first kappa shape index (κ1) is 20.8. The standard InChI is InChI=1S/C24H27N3O5/c1-14-7-16(29-4)10-26-20(14)18(28)9-15-5-6-19-17(8-15)24(13-31-21(25)27-24)23(11-30-12-23)22(2,3)32-19/h5-8,10H,9,11-13H2,1-4H3,(H2,25,27). The van der Waals surface area contributed by atoms with Crippen LogP contribution in [-0.2, 0) is 21.4 Å². The number of amidine groups is 1. The van der Waals surface area contributed by atoms with E-state index in [4.69, 9.17) is 29.7 Å². The van der Waals surface area contributed by atoms with Gasteiger partial charge in [-0.15, -0.1) is 0 Å². The predicted molar refractivity (Wildman–Crippen MR) is 117 cm³/mol. The Bertz CT molecular complexity index is 1140. The van der Waals surface area contributed by atoms with Gasteiger partial charge in [0.15, 0.2) is 5.78 Å². The quantitative estimate of drug-likeness (QED) is 0.733. The van der Waals surface area contributed by atoms with Crippen molar-refractivity contribution in [3.63, 3.8) is 0 Å². The SMILES string of the molecule is COc1cnc(C(=O)Cc2ccc3c(c2)C2(COC(N)=N2)C2(COC2)C(C)(C)O3)c(C)c1. The largest absolute Gasteiger partial charge is 0.495 e. The van der Waals surface area contributed by atoms with Crippen LogP contribution in [0.15, 0.2) is 35.5 Å². The molecule has 168 valence electrons. The number of methoxy groups -OCH3 is 1. The van der Waals surface area contributed by atoms with Gasteiger partial charge >= 0.3 is 0 Å². The number of hydrogen-bond donors (Lipinski definition) is 1. The van der Waals surface area contributed by atoms with Crippen LogP contribution in [0, 0.1) is 12.3 Å². The average molecular weight is 437 g/mol. The van der Waals surface area contributed by atoms with Crippen LogP contribution < -0.4 is 15.2 Å². The molecule has 1 atom stereocenters. The number of rotatable bonds is 4. The highest BCUT2D eigenvalue weighted by Gasteiger charge is 2.71. The van der Waals surface area contributed by atoms with Crippen molar-refractivity contribution >= 4 is 11.8 Å². The number of Topliss-reactive ketones (excluding diaryl/α,β-unsaturated/α-hetero) is 1. The number of fused-ring (bicyclic) bond motifs is 3. The van der Waals surface area contributed by atoms with Crippen LogP contribution in [0.2, 0.25) is 0 Å². The van der Waals surface area contributed by atoms with Gasteiger partial charge in [-0.05, 0) is 50.1 Å². The fourth-order valence-electron chi connectivity index (χ4n) is 5.16. The number of benzene rings is 1. The van der Waals surface area contributed by atoms with Gasteiger partial charge in [-0.3, -0.25) is 4.79 Å². The fourth-order valence-corrected chi connectivity index (χ4v) is 5.16. The van der Waals surface area contributed by atoms with Gasteiger partial charge in [0.25, 0.3) is 6.02 Å². The van der Waals surface area contributed by atoms with E-state index in [0.717, 1.165) is 22.4 Å². The molecule has 0 aliphatic carbocycles. The van der Waals surface area contributed by atoms with E-state index in [2.05, 4.69) is 18.8 Å². The van der Waals surface area contributed by atoms with Gasteiger partial charge in [0.1, 0.15) is 34.9 Å². The summed E-state index contributed by atoms with van der Waals surface area (Å²) in [7, 11) is 1.58. The highest BCUT2D eigenvalue weighted by molar-refractivity contribution is 5.97. The topological polar surface area (TPSA) is 105 Å². The second-order valence-corrected chi connectivity index (χ2v) is 9.26. The van der Waals surface area contributed by atoms with E-state index in [0.29, 0.717) is 31.3 Å². The molecule has 1 aromatic carbocycles. The number of pyridine rings is 1. The lowest BCUT2D eigenvalue weighted by atomic mass is 9.55. The number of carbonyl (C=O) groups is 1. The third-order valence-corrected chi connectivity index (χ3v) is 7.14. The second kappa shape index (κ2) is 6.93. The third-order valence-electron chi connectivity index (χ3n) is 7.14. The molecule has 1 fully saturated rings. The molecule has 0 bridgehead atoms. The normalized spacial score (nSPS) is 24.2. The number of carbonyl (C=O) groups excluding carboxylic acids is 1. The number of aryl methyl sites for hydroxylation is 1. The molecule has 8 nitrogen and oxygen atoms in total. The van der Waals surface area contributed by atoms with Crippen LogP contribution in [0.5, 0.6) is 11.5 Å². The van der Waals surface area contributed by atoms with Crippen molar-refractivity contribution in [2.45, 2.75) is 38.3 Å². The van der Waals surface area contributed by atoms with Crippen LogP contribution in [-0.4, -0.2) is 49.3 Å². The third kappa shape index (κ3) is 2.75. The minimum Gasteiger partial charge on any atom is -0.495 e. The van der Waals surface area contributed by atoms with Crippen LogP contribution >= 0.6 is 0 Å². The summed E-state index contributed by atoms with van der Waals surface area (Å²) in [6.45, 7) is 7.28. The van der Waals surface area contributed by atoms with Crippen molar-refractivity contribution in [3.8, 4) is 11.5 Å². The van der Waals surface area contributed by atoms with Crippen molar-refractivity contribution in [2.75, 3.05) is 26.9 Å². The summed E-state index contributed by atoms with van der Waals surface area (Å²) in [5, 5.41) is 0. The maximum atomic E-state index is 13.0. The second-order valence-electron chi connectivity index (χ2n) is 9.26. The Hall–Kier alpha value is -3.13. The molecule has 3 aliphatic rings. The zero-order valence-corrected chi connectivity index (χ0v) is 18.7. The van der Waals surface area contributed by atoms with Crippen LogP contribution in [0.25, 0.3) is 0 Å². The summed E-state index contributed by atoms with van der Waals surface area (Å²) in [6, 6.07) is 7.79. The molecule has 0 amide bonds. The zero-order valence-electron chi connectivity index (χ0n) is 18.7. The Morgan fingerprint density at radius 2 is 2.00 bits per heavy atom. The lowest BCUT2D eigenvalue weighted by Gasteiger charge is -2.61. The number of ether oxygens (including phenoxy) is 4. The molecule has 1 saturated heterocycles. The number of ketones is 1. The molecule has 0 saturated carbocycles. The summed E-state index contributed by atoms with van der Waals surface area (Å²) < 4.78 is 23.0. The highest BCUT2D eigenvalue weighted by atomic mass is 16.5. The maximum absolute atomic E-state index is 13.0. The Labute approximate surface area is 186 Å². The summed E-state index contributed by atoms with van der Waals surface area (Å²) in [6.07, 6.45) is 1.77. The van der Waals surface area contributed by atoms with Gasteiger partial charge in [-0.2, -0.15) is 0 Å². The van der Waals surface area contributed by atoms with Gasteiger partial charge in [-0.25, -0.2) is 9.98 Å². The molecular formula is C24H27N3O5. The van der Waals surface area contributed by atoms with E-state index < -0.39 is 16.6 Å². The average Bonchev–Trinajstić information content (AvgIpc) is 3.09. The van der Waals surface area contributed by atoms with E-state index >= 15 is 0 Å². The van der Waals surface area contributed by atoms with Crippen molar-refractivity contribution < 1.29 is 23.7 Å².